The average Bonchev–Trinajstić information content (AvgIpc) is 2.57. The lowest BCUT2D eigenvalue weighted by Gasteiger charge is -2.32. The molecule has 1 aliphatic heterocycles. The van der Waals surface area contributed by atoms with Crippen molar-refractivity contribution in [2.75, 3.05) is 0 Å². The smallest absolute Gasteiger partial charge is 0.399 e. The molecule has 1 fully saturated rings. The third-order valence-electron chi connectivity index (χ3n) is 4.38. The molecule has 2 aromatic rings. The lowest BCUT2D eigenvalue weighted by molar-refractivity contribution is 0.00578. The summed E-state index contributed by atoms with van der Waals surface area (Å²) in [6, 6.07) is 10.2. The standard InChI is InChI=1S/C16H20BNO2.ClH/c1-11-10-13(12-8-6-7-9-14(12)18-11)17-19-15(2,3)16(4,5)20-17;/h6-10H,1-5H3;1H. The second-order valence-electron chi connectivity index (χ2n) is 6.46. The van der Waals surface area contributed by atoms with Crippen LogP contribution in [0.4, 0.5) is 0 Å². The quantitative estimate of drug-likeness (QED) is 0.758. The van der Waals surface area contributed by atoms with Crippen molar-refractivity contribution in [3.8, 4) is 0 Å². The van der Waals surface area contributed by atoms with E-state index < -0.39 is 0 Å². The molecule has 112 valence electrons. The number of aryl methyl sites for hydroxylation is 1. The molecule has 1 aromatic carbocycles. The third-order valence-corrected chi connectivity index (χ3v) is 4.38. The minimum Gasteiger partial charge on any atom is -0.399 e. The van der Waals surface area contributed by atoms with Gasteiger partial charge in [0.1, 0.15) is 0 Å². The number of para-hydroxylation sites is 1. The molecule has 3 nitrogen and oxygen atoms in total. The molecule has 5 heteroatoms. The molecule has 0 radical (unpaired) electrons. The first-order valence-corrected chi connectivity index (χ1v) is 7.02. The van der Waals surface area contributed by atoms with Crippen molar-refractivity contribution >= 4 is 35.9 Å². The molecule has 1 aliphatic rings. The summed E-state index contributed by atoms with van der Waals surface area (Å²) in [6.07, 6.45) is 0. The van der Waals surface area contributed by atoms with Crippen molar-refractivity contribution < 1.29 is 9.31 Å². The van der Waals surface area contributed by atoms with Crippen LogP contribution >= 0.6 is 12.4 Å². The molecule has 2 heterocycles. The number of pyridine rings is 1. The summed E-state index contributed by atoms with van der Waals surface area (Å²) in [7, 11) is -0.341. The Bertz CT molecular complexity index is 656. The number of hydrogen-bond acceptors (Lipinski definition) is 3. The third kappa shape index (κ3) is 2.68. The van der Waals surface area contributed by atoms with Gasteiger partial charge in [-0.25, -0.2) is 0 Å². The van der Waals surface area contributed by atoms with Crippen molar-refractivity contribution in [1.29, 1.82) is 0 Å². The van der Waals surface area contributed by atoms with E-state index in [2.05, 4.69) is 44.8 Å². The van der Waals surface area contributed by atoms with Crippen LogP contribution < -0.4 is 5.46 Å². The van der Waals surface area contributed by atoms with Gasteiger partial charge in [0, 0.05) is 5.69 Å². The van der Waals surface area contributed by atoms with E-state index in [4.69, 9.17) is 9.31 Å². The molecular weight excluding hydrogens is 284 g/mol. The van der Waals surface area contributed by atoms with Crippen LogP contribution in [-0.2, 0) is 9.31 Å². The van der Waals surface area contributed by atoms with E-state index in [-0.39, 0.29) is 30.7 Å². The number of benzene rings is 1. The summed E-state index contributed by atoms with van der Waals surface area (Å²) in [5.74, 6) is 0. The van der Waals surface area contributed by atoms with Crippen molar-refractivity contribution in [2.24, 2.45) is 0 Å². The second kappa shape index (κ2) is 5.27. The zero-order chi connectivity index (χ0) is 14.5. The molecule has 0 saturated carbocycles. The largest absolute Gasteiger partial charge is 0.495 e. The lowest BCUT2D eigenvalue weighted by Crippen LogP contribution is -2.41. The average molecular weight is 306 g/mol. The van der Waals surface area contributed by atoms with Crippen LogP contribution in [0.3, 0.4) is 0 Å². The van der Waals surface area contributed by atoms with Crippen molar-refractivity contribution in [3.63, 3.8) is 0 Å². The summed E-state index contributed by atoms with van der Waals surface area (Å²) < 4.78 is 12.3. The molecule has 0 N–H and O–H groups in total. The molecule has 0 amide bonds. The Balaban J connectivity index is 0.00000161. The number of aromatic nitrogens is 1. The maximum Gasteiger partial charge on any atom is 0.495 e. The Morgan fingerprint density at radius 1 is 1.00 bits per heavy atom. The minimum atomic E-state index is -0.341. The molecule has 3 rings (SSSR count). The van der Waals surface area contributed by atoms with Crippen LogP contribution in [0.5, 0.6) is 0 Å². The van der Waals surface area contributed by atoms with Gasteiger partial charge in [-0.3, -0.25) is 4.98 Å². The van der Waals surface area contributed by atoms with E-state index in [1.165, 1.54) is 0 Å². The summed E-state index contributed by atoms with van der Waals surface area (Å²) in [5.41, 5.74) is 2.38. The van der Waals surface area contributed by atoms with Gasteiger partial charge in [0.05, 0.1) is 16.7 Å². The Morgan fingerprint density at radius 3 is 2.19 bits per heavy atom. The SMILES string of the molecule is Cc1cc(B2OC(C)(C)C(C)(C)O2)c2ccccc2n1.Cl. The van der Waals surface area contributed by atoms with E-state index in [0.29, 0.717) is 0 Å². The fraction of sp³-hybridized carbons (Fsp3) is 0.438. The van der Waals surface area contributed by atoms with Crippen LogP contribution in [0.15, 0.2) is 30.3 Å². The van der Waals surface area contributed by atoms with Gasteiger partial charge in [-0.1, -0.05) is 18.2 Å². The fourth-order valence-corrected chi connectivity index (χ4v) is 2.51. The van der Waals surface area contributed by atoms with Crippen LogP contribution in [0, 0.1) is 6.92 Å². The van der Waals surface area contributed by atoms with Gasteiger partial charge < -0.3 is 9.31 Å². The Hall–Kier alpha value is -1.10. The Morgan fingerprint density at radius 2 is 1.57 bits per heavy atom. The van der Waals surface area contributed by atoms with Crippen LogP contribution in [0.2, 0.25) is 0 Å². The zero-order valence-corrected chi connectivity index (χ0v) is 14.0. The monoisotopic (exact) mass is 305 g/mol. The van der Waals surface area contributed by atoms with Gasteiger partial charge >= 0.3 is 7.12 Å². The first kappa shape index (κ1) is 16.3. The van der Waals surface area contributed by atoms with Gasteiger partial charge in [0.15, 0.2) is 0 Å². The van der Waals surface area contributed by atoms with Crippen LogP contribution in [0.1, 0.15) is 33.4 Å². The highest BCUT2D eigenvalue weighted by molar-refractivity contribution is 6.65. The van der Waals surface area contributed by atoms with E-state index in [1.807, 2.05) is 25.1 Å². The van der Waals surface area contributed by atoms with Gasteiger partial charge in [-0.05, 0) is 57.6 Å². The van der Waals surface area contributed by atoms with E-state index in [9.17, 15) is 0 Å². The molecule has 0 spiro atoms. The van der Waals surface area contributed by atoms with Gasteiger partial charge in [0.25, 0.3) is 0 Å². The zero-order valence-electron chi connectivity index (χ0n) is 13.1. The van der Waals surface area contributed by atoms with Gasteiger partial charge in [0.2, 0.25) is 0 Å². The summed E-state index contributed by atoms with van der Waals surface area (Å²) in [5, 5.41) is 1.09. The maximum atomic E-state index is 6.16. The second-order valence-corrected chi connectivity index (χ2v) is 6.46. The predicted octanol–water partition coefficient (Wildman–Crippen LogP) is 3.26. The fourth-order valence-electron chi connectivity index (χ4n) is 2.51. The predicted molar refractivity (Wildman–Crippen MR) is 89.4 cm³/mol. The van der Waals surface area contributed by atoms with Gasteiger partial charge in [-0.2, -0.15) is 0 Å². The molecule has 21 heavy (non-hydrogen) atoms. The molecule has 1 saturated heterocycles. The molecule has 0 atom stereocenters. The first-order chi connectivity index (χ1) is 9.30. The Labute approximate surface area is 132 Å². The van der Waals surface area contributed by atoms with Crippen molar-refractivity contribution in [2.45, 2.75) is 45.8 Å². The molecule has 0 aliphatic carbocycles. The molecule has 1 aromatic heterocycles. The Kier molecular flexibility index (Phi) is 4.09. The number of rotatable bonds is 1. The number of halogens is 1. The summed E-state index contributed by atoms with van der Waals surface area (Å²) >= 11 is 0. The number of nitrogens with zero attached hydrogens (tertiary/aromatic N) is 1. The van der Waals surface area contributed by atoms with E-state index in [1.54, 1.807) is 0 Å². The van der Waals surface area contributed by atoms with Crippen molar-refractivity contribution in [1.82, 2.24) is 4.98 Å². The topological polar surface area (TPSA) is 31.4 Å². The highest BCUT2D eigenvalue weighted by Gasteiger charge is 2.52. The number of hydrogen-bond donors (Lipinski definition) is 0. The van der Waals surface area contributed by atoms with Crippen molar-refractivity contribution in [3.05, 3.63) is 36.0 Å². The normalized spacial score (nSPS) is 19.6. The lowest BCUT2D eigenvalue weighted by atomic mass is 9.76. The molecule has 0 unspecified atom stereocenters. The van der Waals surface area contributed by atoms with E-state index >= 15 is 0 Å². The minimum absolute atomic E-state index is 0. The van der Waals surface area contributed by atoms with Crippen LogP contribution in [-0.4, -0.2) is 23.3 Å². The van der Waals surface area contributed by atoms with Gasteiger partial charge in [-0.15, -0.1) is 12.4 Å². The van der Waals surface area contributed by atoms with Crippen LogP contribution in [0.25, 0.3) is 10.9 Å². The summed E-state index contributed by atoms with van der Waals surface area (Å²) in [6.45, 7) is 10.3. The maximum absolute atomic E-state index is 6.16. The summed E-state index contributed by atoms with van der Waals surface area (Å²) in [4.78, 5) is 4.57. The van der Waals surface area contributed by atoms with E-state index in [0.717, 1.165) is 22.1 Å². The first-order valence-electron chi connectivity index (χ1n) is 7.02. The highest BCUT2D eigenvalue weighted by Crippen LogP contribution is 2.36. The number of fused-ring (bicyclic) bond motifs is 1. The highest BCUT2D eigenvalue weighted by atomic mass is 35.5. The molecule has 0 bridgehead atoms. The molecular formula is C16H21BClNO2.